The molecule has 0 amide bonds. The molecular weight excluding hydrogens is 294 g/mol. The minimum absolute atomic E-state index is 0.0356. The fourth-order valence-corrected chi connectivity index (χ4v) is 4.62. The van der Waals surface area contributed by atoms with E-state index in [2.05, 4.69) is 14.8 Å². The van der Waals surface area contributed by atoms with Gasteiger partial charge in [0.25, 0.3) is 0 Å². The van der Waals surface area contributed by atoms with Crippen molar-refractivity contribution in [1.29, 1.82) is 0 Å². The van der Waals surface area contributed by atoms with Gasteiger partial charge in [0.2, 0.25) is 10.0 Å². The topological polar surface area (TPSA) is 84.7 Å². The van der Waals surface area contributed by atoms with E-state index in [-0.39, 0.29) is 10.9 Å². The molecule has 2 saturated heterocycles. The van der Waals surface area contributed by atoms with Crippen molar-refractivity contribution >= 4 is 10.0 Å². The largest absolute Gasteiger partial charge is 0.381 e. The second kappa shape index (κ2) is 5.68. The van der Waals surface area contributed by atoms with Gasteiger partial charge in [-0.2, -0.15) is 0 Å². The molecule has 0 aromatic carbocycles. The normalized spacial score (nSPS) is 22.4. The Bertz CT molecular complexity index is 581. The van der Waals surface area contributed by atoms with Gasteiger partial charge in [0.15, 0.2) is 5.76 Å². The summed E-state index contributed by atoms with van der Waals surface area (Å²) in [6, 6.07) is 0.491. The third kappa shape index (κ3) is 2.98. The predicted molar refractivity (Wildman–Crippen MR) is 75.5 cm³/mol. The summed E-state index contributed by atoms with van der Waals surface area (Å²) in [5.41, 5.74) is 0.403. The molecule has 21 heavy (non-hydrogen) atoms. The molecule has 3 rings (SSSR count). The van der Waals surface area contributed by atoms with E-state index in [1.165, 1.54) is 0 Å². The number of rotatable bonds is 4. The smallest absolute Gasteiger partial charge is 0.246 e. The number of hydrogen-bond donors (Lipinski definition) is 1. The van der Waals surface area contributed by atoms with E-state index in [1.807, 2.05) is 0 Å². The van der Waals surface area contributed by atoms with Gasteiger partial charge in [0.1, 0.15) is 10.6 Å². The van der Waals surface area contributed by atoms with Crippen LogP contribution >= 0.6 is 0 Å². The third-order valence-corrected chi connectivity index (χ3v) is 5.94. The molecule has 7 nitrogen and oxygen atoms in total. The second-order valence-corrected chi connectivity index (χ2v) is 7.42. The molecule has 3 heterocycles. The van der Waals surface area contributed by atoms with Crippen molar-refractivity contribution in [3.8, 4) is 0 Å². The van der Waals surface area contributed by atoms with E-state index < -0.39 is 10.0 Å². The molecule has 8 heteroatoms. The summed E-state index contributed by atoms with van der Waals surface area (Å²) in [6.45, 7) is 6.37. The lowest BCUT2D eigenvalue weighted by molar-refractivity contribution is 0.000319. The number of hydrogen-bond acceptors (Lipinski definition) is 6. The van der Waals surface area contributed by atoms with Crippen molar-refractivity contribution in [2.45, 2.75) is 43.7 Å². The van der Waals surface area contributed by atoms with Crippen LogP contribution in [0.25, 0.3) is 0 Å². The summed E-state index contributed by atoms with van der Waals surface area (Å²) >= 11 is 0. The minimum Gasteiger partial charge on any atom is -0.381 e. The number of likely N-dealkylation sites (tertiary alicyclic amines) is 1. The molecular formula is C13H21N3O4S. The molecule has 0 atom stereocenters. The van der Waals surface area contributed by atoms with Crippen molar-refractivity contribution in [1.82, 2.24) is 14.8 Å². The molecule has 2 aliphatic rings. The molecule has 0 saturated carbocycles. The van der Waals surface area contributed by atoms with Crippen LogP contribution < -0.4 is 4.72 Å². The van der Waals surface area contributed by atoms with Crippen LogP contribution in [0.1, 0.15) is 24.3 Å². The van der Waals surface area contributed by atoms with Crippen molar-refractivity contribution < 1.29 is 17.7 Å². The standard InChI is InChI=1S/C13H21N3O4S/c1-9-13(10(2)20-14-9)21(17,18)15-11-7-16(8-11)12-3-5-19-6-4-12/h11-12,15H,3-8H2,1-2H3. The van der Waals surface area contributed by atoms with Crippen LogP contribution in [-0.4, -0.2) is 56.9 Å². The molecule has 1 aromatic heterocycles. The van der Waals surface area contributed by atoms with Gasteiger partial charge >= 0.3 is 0 Å². The average molecular weight is 315 g/mol. The fraction of sp³-hybridized carbons (Fsp3) is 0.769. The molecule has 0 aliphatic carbocycles. The zero-order valence-corrected chi connectivity index (χ0v) is 13.1. The first-order valence-corrected chi connectivity index (χ1v) is 8.72. The van der Waals surface area contributed by atoms with Gasteiger partial charge in [-0.15, -0.1) is 0 Å². The van der Waals surface area contributed by atoms with Gasteiger partial charge in [-0.25, -0.2) is 13.1 Å². The molecule has 0 spiro atoms. The molecule has 118 valence electrons. The van der Waals surface area contributed by atoms with Gasteiger partial charge in [-0.1, -0.05) is 5.16 Å². The Morgan fingerprint density at radius 1 is 1.24 bits per heavy atom. The van der Waals surface area contributed by atoms with Crippen LogP contribution in [0.4, 0.5) is 0 Å². The lowest BCUT2D eigenvalue weighted by Crippen LogP contribution is -2.62. The maximum absolute atomic E-state index is 12.4. The van der Waals surface area contributed by atoms with Crippen molar-refractivity contribution in [2.24, 2.45) is 0 Å². The first kappa shape index (κ1) is 15.0. The van der Waals surface area contributed by atoms with Crippen LogP contribution in [-0.2, 0) is 14.8 Å². The molecule has 0 bridgehead atoms. The van der Waals surface area contributed by atoms with E-state index in [0.717, 1.165) is 39.1 Å². The molecule has 0 unspecified atom stereocenters. The molecule has 2 fully saturated rings. The van der Waals surface area contributed by atoms with Gasteiger partial charge in [-0.3, -0.25) is 4.90 Å². The molecule has 1 aromatic rings. The summed E-state index contributed by atoms with van der Waals surface area (Å²) in [5, 5.41) is 3.70. The summed E-state index contributed by atoms with van der Waals surface area (Å²) in [7, 11) is -3.55. The van der Waals surface area contributed by atoms with E-state index >= 15 is 0 Å². The number of sulfonamides is 1. The number of aromatic nitrogens is 1. The SMILES string of the molecule is Cc1noc(C)c1S(=O)(=O)NC1CN(C2CCOCC2)C1. The summed E-state index contributed by atoms with van der Waals surface area (Å²) in [5.74, 6) is 0.334. The van der Waals surface area contributed by atoms with Crippen molar-refractivity contribution in [3.05, 3.63) is 11.5 Å². The highest BCUT2D eigenvalue weighted by Gasteiger charge is 2.36. The Balaban J connectivity index is 1.59. The Labute approximate surface area is 124 Å². The lowest BCUT2D eigenvalue weighted by Gasteiger charge is -2.45. The zero-order valence-electron chi connectivity index (χ0n) is 12.3. The van der Waals surface area contributed by atoms with Crippen LogP contribution in [0.15, 0.2) is 9.42 Å². The van der Waals surface area contributed by atoms with E-state index in [9.17, 15) is 8.42 Å². The highest BCUT2D eigenvalue weighted by atomic mass is 32.2. The van der Waals surface area contributed by atoms with Crippen molar-refractivity contribution in [2.75, 3.05) is 26.3 Å². The molecule has 0 radical (unpaired) electrons. The average Bonchev–Trinajstić information content (AvgIpc) is 2.74. The van der Waals surface area contributed by atoms with Gasteiger partial charge in [0.05, 0.1) is 0 Å². The minimum atomic E-state index is -3.55. The second-order valence-electron chi connectivity index (χ2n) is 5.77. The Hall–Kier alpha value is -0.960. The predicted octanol–water partition coefficient (Wildman–Crippen LogP) is 0.433. The van der Waals surface area contributed by atoms with Crippen LogP contribution in [0, 0.1) is 13.8 Å². The molecule has 2 aliphatic heterocycles. The maximum Gasteiger partial charge on any atom is 0.246 e. The van der Waals surface area contributed by atoms with Crippen molar-refractivity contribution in [3.63, 3.8) is 0 Å². The summed E-state index contributed by atoms with van der Waals surface area (Å²) in [4.78, 5) is 2.50. The van der Waals surface area contributed by atoms with Crippen LogP contribution in [0.5, 0.6) is 0 Å². The van der Waals surface area contributed by atoms with Crippen LogP contribution in [0.2, 0.25) is 0 Å². The van der Waals surface area contributed by atoms with Gasteiger partial charge < -0.3 is 9.26 Å². The van der Waals surface area contributed by atoms with Crippen LogP contribution in [0.3, 0.4) is 0 Å². The first-order chi connectivity index (χ1) is 9.97. The maximum atomic E-state index is 12.4. The van der Waals surface area contributed by atoms with Gasteiger partial charge in [0, 0.05) is 38.4 Å². The highest BCUT2D eigenvalue weighted by Crippen LogP contribution is 2.23. The summed E-state index contributed by atoms with van der Waals surface area (Å²) in [6.07, 6.45) is 2.06. The van der Waals surface area contributed by atoms with Gasteiger partial charge in [-0.05, 0) is 26.7 Å². The number of ether oxygens (including phenoxy) is 1. The zero-order chi connectivity index (χ0) is 15.0. The Morgan fingerprint density at radius 2 is 1.90 bits per heavy atom. The lowest BCUT2D eigenvalue weighted by atomic mass is 10.0. The monoisotopic (exact) mass is 315 g/mol. The quantitative estimate of drug-likeness (QED) is 0.867. The number of nitrogens with one attached hydrogen (secondary N) is 1. The number of aryl methyl sites for hydroxylation is 2. The summed E-state index contributed by atoms with van der Waals surface area (Å²) < 4.78 is 37.8. The van der Waals surface area contributed by atoms with E-state index in [0.29, 0.717) is 17.5 Å². The Morgan fingerprint density at radius 3 is 2.48 bits per heavy atom. The fourth-order valence-electron chi connectivity index (χ4n) is 3.07. The third-order valence-electron chi connectivity index (χ3n) is 4.18. The highest BCUT2D eigenvalue weighted by molar-refractivity contribution is 7.89. The first-order valence-electron chi connectivity index (χ1n) is 7.24. The number of nitrogens with zero attached hydrogens (tertiary/aromatic N) is 2. The Kier molecular flexibility index (Phi) is 4.04. The van der Waals surface area contributed by atoms with E-state index in [4.69, 9.17) is 9.26 Å². The van der Waals surface area contributed by atoms with E-state index in [1.54, 1.807) is 13.8 Å². The molecule has 1 N–H and O–H groups in total.